The lowest BCUT2D eigenvalue weighted by molar-refractivity contribution is 0.553. The zero-order valence-electron chi connectivity index (χ0n) is 10.9. The minimum Gasteiger partial charge on any atom is -0.347 e. The average Bonchev–Trinajstić information content (AvgIpc) is 2.85. The summed E-state index contributed by atoms with van der Waals surface area (Å²) in [6, 6.07) is 0. The molecular weight excluding hydrogens is 264 g/mol. The lowest BCUT2D eigenvalue weighted by Crippen LogP contribution is -2.35. The first-order valence-corrected chi connectivity index (χ1v) is 6.66. The molecule has 0 aromatic carbocycles. The van der Waals surface area contributed by atoms with Crippen LogP contribution in [0.15, 0.2) is 12.7 Å². The Kier molecular flexibility index (Phi) is 3.10. The summed E-state index contributed by atoms with van der Waals surface area (Å²) in [6.45, 7) is 6.63. The predicted octanol–water partition coefficient (Wildman–Crippen LogP) is 1.87. The van der Waals surface area contributed by atoms with Crippen molar-refractivity contribution >= 4 is 17.4 Å². The molecule has 0 bridgehead atoms. The summed E-state index contributed by atoms with van der Waals surface area (Å²) in [5, 5.41) is 8.59. The molecule has 0 aliphatic carbocycles. The van der Waals surface area contributed by atoms with Crippen LogP contribution in [0.1, 0.15) is 31.2 Å². The smallest absolute Gasteiger partial charge is 0.152 e. The van der Waals surface area contributed by atoms with Crippen LogP contribution in [0, 0.1) is 0 Å². The number of hydrogen-bond donors (Lipinski definition) is 0. The molecule has 0 amide bonds. The lowest BCUT2D eigenvalue weighted by Gasteiger charge is -2.30. The number of hydrogen-bond acceptors (Lipinski definition) is 5. The molecule has 3 rings (SSSR count). The quantitative estimate of drug-likeness (QED) is 0.785. The molecule has 0 fully saturated rings. The van der Waals surface area contributed by atoms with Crippen LogP contribution in [0.3, 0.4) is 0 Å². The molecule has 0 saturated heterocycles. The molecule has 1 aliphatic heterocycles. The third-order valence-corrected chi connectivity index (χ3v) is 3.63. The summed E-state index contributed by atoms with van der Waals surface area (Å²) in [4.78, 5) is 10.7. The number of rotatable bonds is 2. The van der Waals surface area contributed by atoms with Crippen LogP contribution < -0.4 is 4.90 Å². The highest BCUT2D eigenvalue weighted by molar-refractivity contribution is 6.30. The second kappa shape index (κ2) is 4.77. The van der Waals surface area contributed by atoms with Crippen LogP contribution >= 0.6 is 11.6 Å². The van der Waals surface area contributed by atoms with Crippen molar-refractivity contribution in [1.29, 1.82) is 0 Å². The van der Waals surface area contributed by atoms with Gasteiger partial charge in [-0.2, -0.15) is 0 Å². The normalized spacial score (nSPS) is 14.8. The minimum atomic E-state index is 0.281. The van der Waals surface area contributed by atoms with E-state index in [9.17, 15) is 0 Å². The van der Waals surface area contributed by atoms with Crippen LogP contribution in [0.2, 0.25) is 5.15 Å². The third-order valence-electron chi connectivity index (χ3n) is 3.33. The van der Waals surface area contributed by atoms with Crippen molar-refractivity contribution in [1.82, 2.24) is 24.7 Å². The van der Waals surface area contributed by atoms with E-state index in [-0.39, 0.29) is 5.92 Å². The first-order chi connectivity index (χ1) is 9.16. The lowest BCUT2D eigenvalue weighted by atomic mass is 10.1. The molecule has 2 aromatic heterocycles. The van der Waals surface area contributed by atoms with Crippen molar-refractivity contribution < 1.29 is 0 Å². The molecule has 0 unspecified atom stereocenters. The van der Waals surface area contributed by atoms with E-state index in [1.807, 2.05) is 0 Å². The number of nitrogens with zero attached hydrogens (tertiary/aromatic N) is 6. The Morgan fingerprint density at radius 2 is 2.11 bits per heavy atom. The summed E-state index contributed by atoms with van der Waals surface area (Å²) in [7, 11) is 0. The molecule has 0 radical (unpaired) electrons. The standard InChI is InChI=1S/C12H15ClN6/c1-8(2)10-11(13)14-6-15-12(10)18-3-4-19-7-16-17-9(19)5-18/h6-8H,3-5H2,1-2H3. The van der Waals surface area contributed by atoms with Gasteiger partial charge in [0.15, 0.2) is 5.82 Å². The SMILES string of the molecule is CC(C)c1c(Cl)ncnc1N1CCn2cnnc2C1. The fourth-order valence-corrected chi connectivity index (χ4v) is 2.71. The van der Waals surface area contributed by atoms with Crippen LogP contribution in [0.4, 0.5) is 5.82 Å². The number of anilines is 1. The number of halogens is 1. The van der Waals surface area contributed by atoms with Gasteiger partial charge in [0.2, 0.25) is 0 Å². The Balaban J connectivity index is 1.98. The summed E-state index contributed by atoms with van der Waals surface area (Å²) in [5.41, 5.74) is 0.997. The van der Waals surface area contributed by atoms with Crippen LogP contribution in [0.5, 0.6) is 0 Å². The van der Waals surface area contributed by atoms with Gasteiger partial charge >= 0.3 is 0 Å². The molecule has 0 spiro atoms. The maximum atomic E-state index is 6.21. The zero-order valence-corrected chi connectivity index (χ0v) is 11.7. The van der Waals surface area contributed by atoms with Gasteiger partial charge < -0.3 is 9.47 Å². The molecule has 0 atom stereocenters. The molecule has 1 aliphatic rings. The Bertz CT molecular complexity index is 594. The van der Waals surface area contributed by atoms with Gasteiger partial charge in [-0.15, -0.1) is 10.2 Å². The van der Waals surface area contributed by atoms with Gasteiger partial charge in [0.25, 0.3) is 0 Å². The highest BCUT2D eigenvalue weighted by atomic mass is 35.5. The van der Waals surface area contributed by atoms with E-state index in [0.717, 1.165) is 30.3 Å². The van der Waals surface area contributed by atoms with Gasteiger partial charge in [-0.3, -0.25) is 0 Å². The van der Waals surface area contributed by atoms with Gasteiger partial charge in [0.05, 0.1) is 6.54 Å². The number of aromatic nitrogens is 5. The second-order valence-electron chi connectivity index (χ2n) is 4.92. The van der Waals surface area contributed by atoms with Gasteiger partial charge in [-0.25, -0.2) is 9.97 Å². The Morgan fingerprint density at radius 1 is 1.26 bits per heavy atom. The van der Waals surface area contributed by atoms with E-state index in [4.69, 9.17) is 11.6 Å². The van der Waals surface area contributed by atoms with Crippen molar-refractivity contribution in [2.75, 3.05) is 11.4 Å². The topological polar surface area (TPSA) is 59.7 Å². The van der Waals surface area contributed by atoms with Crippen LogP contribution in [0.25, 0.3) is 0 Å². The summed E-state index contributed by atoms with van der Waals surface area (Å²) in [5.74, 6) is 2.14. The Labute approximate surface area is 116 Å². The molecule has 100 valence electrons. The molecular formula is C12H15ClN6. The van der Waals surface area contributed by atoms with E-state index in [2.05, 4.69) is 43.5 Å². The first kappa shape index (κ1) is 12.3. The van der Waals surface area contributed by atoms with Gasteiger partial charge in [0, 0.05) is 18.7 Å². The summed E-state index contributed by atoms with van der Waals surface area (Å²) < 4.78 is 2.06. The molecule has 2 aromatic rings. The van der Waals surface area contributed by atoms with Crippen molar-refractivity contribution in [3.63, 3.8) is 0 Å². The van der Waals surface area contributed by atoms with Crippen molar-refractivity contribution in [2.24, 2.45) is 0 Å². The van der Waals surface area contributed by atoms with Crippen LogP contribution in [-0.4, -0.2) is 31.3 Å². The van der Waals surface area contributed by atoms with E-state index >= 15 is 0 Å². The van der Waals surface area contributed by atoms with Gasteiger partial charge in [-0.1, -0.05) is 25.4 Å². The van der Waals surface area contributed by atoms with Gasteiger partial charge in [0.1, 0.15) is 23.6 Å². The molecule has 3 heterocycles. The maximum absolute atomic E-state index is 6.21. The van der Waals surface area contributed by atoms with Crippen molar-refractivity contribution in [3.05, 3.63) is 29.2 Å². The fourth-order valence-electron chi connectivity index (χ4n) is 2.36. The predicted molar refractivity (Wildman–Crippen MR) is 72.2 cm³/mol. The molecule has 19 heavy (non-hydrogen) atoms. The molecule has 0 N–H and O–H groups in total. The zero-order chi connectivity index (χ0) is 13.4. The van der Waals surface area contributed by atoms with Crippen molar-refractivity contribution in [3.8, 4) is 0 Å². The van der Waals surface area contributed by atoms with E-state index in [1.54, 1.807) is 6.33 Å². The minimum absolute atomic E-state index is 0.281. The highest BCUT2D eigenvalue weighted by Crippen LogP contribution is 2.31. The Morgan fingerprint density at radius 3 is 2.89 bits per heavy atom. The largest absolute Gasteiger partial charge is 0.347 e. The molecule has 7 heteroatoms. The third kappa shape index (κ3) is 2.16. The second-order valence-corrected chi connectivity index (χ2v) is 5.28. The van der Waals surface area contributed by atoms with E-state index in [1.165, 1.54) is 6.33 Å². The maximum Gasteiger partial charge on any atom is 0.152 e. The fraction of sp³-hybridized carbons (Fsp3) is 0.500. The van der Waals surface area contributed by atoms with Crippen LogP contribution in [-0.2, 0) is 13.1 Å². The Hall–Kier alpha value is -1.69. The highest BCUT2D eigenvalue weighted by Gasteiger charge is 2.23. The van der Waals surface area contributed by atoms with Crippen molar-refractivity contribution in [2.45, 2.75) is 32.9 Å². The summed E-state index contributed by atoms with van der Waals surface area (Å²) in [6.07, 6.45) is 3.28. The average molecular weight is 279 g/mol. The molecule has 6 nitrogen and oxygen atoms in total. The first-order valence-electron chi connectivity index (χ1n) is 6.29. The monoisotopic (exact) mass is 278 g/mol. The van der Waals surface area contributed by atoms with E-state index < -0.39 is 0 Å². The molecule has 0 saturated carbocycles. The van der Waals surface area contributed by atoms with Gasteiger partial charge in [-0.05, 0) is 5.92 Å². The van der Waals surface area contributed by atoms with E-state index in [0.29, 0.717) is 11.7 Å². The number of fused-ring (bicyclic) bond motifs is 1. The summed E-state index contributed by atoms with van der Waals surface area (Å²) >= 11 is 6.21.